The van der Waals surface area contributed by atoms with Gasteiger partial charge < -0.3 is 5.32 Å². The first kappa shape index (κ1) is 14.6. The van der Waals surface area contributed by atoms with Crippen molar-refractivity contribution in [3.8, 4) is 0 Å². The van der Waals surface area contributed by atoms with Gasteiger partial charge in [0.15, 0.2) is 9.84 Å². The lowest BCUT2D eigenvalue weighted by molar-refractivity contribution is -0.118. The lowest BCUT2D eigenvalue weighted by Crippen LogP contribution is -2.32. The van der Waals surface area contributed by atoms with Crippen LogP contribution in [0.3, 0.4) is 0 Å². The van der Waals surface area contributed by atoms with Crippen molar-refractivity contribution >= 4 is 38.9 Å². The number of sulfone groups is 1. The summed E-state index contributed by atoms with van der Waals surface area (Å²) >= 11 is 11.8. The lowest BCUT2D eigenvalue weighted by Gasteiger charge is -2.08. The molecule has 0 aromatic heterocycles. The largest absolute Gasteiger partial charge is 0.352 e. The Morgan fingerprint density at radius 1 is 1.26 bits per heavy atom. The topological polar surface area (TPSA) is 63.2 Å². The van der Waals surface area contributed by atoms with Crippen molar-refractivity contribution in [2.45, 2.75) is 24.6 Å². The highest BCUT2D eigenvalue weighted by Crippen LogP contribution is 2.26. The summed E-state index contributed by atoms with van der Waals surface area (Å²) in [4.78, 5) is 11.5. The molecule has 1 aromatic carbocycles. The van der Waals surface area contributed by atoms with E-state index in [1.165, 1.54) is 0 Å². The van der Waals surface area contributed by atoms with E-state index in [2.05, 4.69) is 5.32 Å². The van der Waals surface area contributed by atoms with Crippen LogP contribution in [0.15, 0.2) is 18.2 Å². The van der Waals surface area contributed by atoms with Crippen LogP contribution in [0.4, 0.5) is 0 Å². The van der Waals surface area contributed by atoms with Gasteiger partial charge in [-0.05, 0) is 25.0 Å². The van der Waals surface area contributed by atoms with Gasteiger partial charge in [-0.1, -0.05) is 29.3 Å². The summed E-state index contributed by atoms with van der Waals surface area (Å²) in [5.74, 6) is -1.33. The highest BCUT2D eigenvalue weighted by molar-refractivity contribution is 7.91. The number of hydrogen-bond acceptors (Lipinski definition) is 3. The van der Waals surface area contributed by atoms with Crippen LogP contribution in [0, 0.1) is 0 Å². The van der Waals surface area contributed by atoms with E-state index < -0.39 is 21.5 Å². The van der Waals surface area contributed by atoms with E-state index in [4.69, 9.17) is 23.2 Å². The van der Waals surface area contributed by atoms with Crippen LogP contribution < -0.4 is 5.32 Å². The zero-order valence-electron chi connectivity index (χ0n) is 10.0. The zero-order chi connectivity index (χ0) is 14.0. The molecule has 0 unspecified atom stereocenters. The Morgan fingerprint density at radius 3 is 2.37 bits per heavy atom. The Kier molecular flexibility index (Phi) is 4.38. The summed E-state index contributed by atoms with van der Waals surface area (Å²) in [5.41, 5.74) is 0.338. The quantitative estimate of drug-likeness (QED) is 0.904. The molecule has 1 saturated carbocycles. The fraction of sp³-hybridized carbons (Fsp3) is 0.417. The number of rotatable bonds is 5. The minimum atomic E-state index is -3.58. The molecule has 0 heterocycles. The standard InChI is InChI=1S/C12H13Cl2NO3S/c13-10-2-1-3-11(14)9(10)6-19(17,18)7-12(16)15-8-4-5-8/h1-3,8H,4-7H2,(H,15,16). The fourth-order valence-corrected chi connectivity index (χ4v) is 3.66. The number of carbonyl (C=O) groups is 1. The molecule has 4 nitrogen and oxygen atoms in total. The third-order valence-corrected chi connectivity index (χ3v) is 4.86. The third-order valence-electron chi connectivity index (χ3n) is 2.72. The van der Waals surface area contributed by atoms with Gasteiger partial charge in [0, 0.05) is 21.7 Å². The monoisotopic (exact) mass is 321 g/mol. The van der Waals surface area contributed by atoms with Gasteiger partial charge in [0.25, 0.3) is 0 Å². The summed E-state index contributed by atoms with van der Waals surface area (Å²) < 4.78 is 23.9. The molecule has 104 valence electrons. The molecule has 2 rings (SSSR count). The van der Waals surface area contributed by atoms with Crippen LogP contribution in [-0.2, 0) is 20.4 Å². The maximum absolute atomic E-state index is 11.9. The first-order chi connectivity index (χ1) is 8.87. The molecule has 0 bridgehead atoms. The highest BCUT2D eigenvalue weighted by Gasteiger charge is 2.26. The Balaban J connectivity index is 2.05. The first-order valence-corrected chi connectivity index (χ1v) is 8.38. The molecule has 1 amide bonds. The minimum Gasteiger partial charge on any atom is -0.352 e. The van der Waals surface area contributed by atoms with E-state index in [0.717, 1.165) is 12.8 Å². The van der Waals surface area contributed by atoms with Crippen LogP contribution in [-0.4, -0.2) is 26.1 Å². The van der Waals surface area contributed by atoms with Crippen molar-refractivity contribution in [2.24, 2.45) is 0 Å². The molecule has 1 aliphatic rings. The lowest BCUT2D eigenvalue weighted by atomic mass is 10.2. The Morgan fingerprint density at radius 2 is 1.84 bits per heavy atom. The normalized spacial score (nSPS) is 15.3. The smallest absolute Gasteiger partial charge is 0.235 e. The van der Waals surface area contributed by atoms with Crippen molar-refractivity contribution < 1.29 is 13.2 Å². The maximum Gasteiger partial charge on any atom is 0.235 e. The predicted molar refractivity (Wildman–Crippen MR) is 75.1 cm³/mol. The van der Waals surface area contributed by atoms with Crippen molar-refractivity contribution in [1.29, 1.82) is 0 Å². The molecular formula is C12H13Cl2NO3S. The number of nitrogens with one attached hydrogen (secondary N) is 1. The molecule has 1 aromatic rings. The fourth-order valence-electron chi connectivity index (χ4n) is 1.64. The molecule has 19 heavy (non-hydrogen) atoms. The Bertz CT molecular complexity index is 577. The molecular weight excluding hydrogens is 309 g/mol. The van der Waals surface area contributed by atoms with Gasteiger partial charge in [-0.25, -0.2) is 8.42 Å². The second kappa shape index (κ2) is 5.69. The van der Waals surface area contributed by atoms with Crippen LogP contribution in [0.1, 0.15) is 18.4 Å². The summed E-state index contributed by atoms with van der Waals surface area (Å²) in [6.45, 7) is 0. The van der Waals surface area contributed by atoms with E-state index in [9.17, 15) is 13.2 Å². The SMILES string of the molecule is O=C(CS(=O)(=O)Cc1c(Cl)cccc1Cl)NC1CC1. The van der Waals surface area contributed by atoms with E-state index in [1.807, 2.05) is 0 Å². The number of benzene rings is 1. The Hall–Kier alpha value is -0.780. The molecule has 0 atom stereocenters. The molecule has 1 N–H and O–H groups in total. The van der Waals surface area contributed by atoms with Crippen LogP contribution in [0.5, 0.6) is 0 Å². The second-order valence-corrected chi connectivity index (χ2v) is 7.45. The van der Waals surface area contributed by atoms with Crippen LogP contribution >= 0.6 is 23.2 Å². The highest BCUT2D eigenvalue weighted by atomic mass is 35.5. The van der Waals surface area contributed by atoms with Crippen LogP contribution in [0.2, 0.25) is 10.0 Å². The molecule has 0 spiro atoms. The summed E-state index contributed by atoms with van der Waals surface area (Å²) in [6, 6.07) is 4.93. The molecule has 0 radical (unpaired) electrons. The molecule has 7 heteroatoms. The van der Waals surface area contributed by atoms with Crippen molar-refractivity contribution in [1.82, 2.24) is 5.32 Å². The van der Waals surface area contributed by atoms with E-state index in [-0.39, 0.29) is 11.8 Å². The summed E-state index contributed by atoms with van der Waals surface area (Å²) in [5, 5.41) is 3.22. The number of hydrogen-bond donors (Lipinski definition) is 1. The first-order valence-electron chi connectivity index (χ1n) is 5.80. The van der Waals surface area contributed by atoms with Crippen molar-refractivity contribution in [2.75, 3.05) is 5.75 Å². The van der Waals surface area contributed by atoms with Gasteiger partial charge in [0.05, 0.1) is 5.75 Å². The van der Waals surface area contributed by atoms with Crippen molar-refractivity contribution in [3.63, 3.8) is 0 Å². The molecule has 1 fully saturated rings. The second-order valence-electron chi connectivity index (χ2n) is 4.57. The molecule has 0 saturated heterocycles. The average molecular weight is 322 g/mol. The van der Waals surface area contributed by atoms with Gasteiger partial charge in [-0.2, -0.15) is 0 Å². The number of halogens is 2. The maximum atomic E-state index is 11.9. The molecule has 1 aliphatic carbocycles. The summed E-state index contributed by atoms with van der Waals surface area (Å²) in [7, 11) is -3.58. The number of amides is 1. The van der Waals surface area contributed by atoms with Crippen molar-refractivity contribution in [3.05, 3.63) is 33.8 Å². The minimum absolute atomic E-state index is 0.145. The summed E-state index contributed by atoms with van der Waals surface area (Å²) in [6.07, 6.45) is 1.84. The van der Waals surface area contributed by atoms with Gasteiger partial charge in [0.1, 0.15) is 5.75 Å². The van der Waals surface area contributed by atoms with E-state index in [0.29, 0.717) is 15.6 Å². The van der Waals surface area contributed by atoms with Gasteiger partial charge in [-0.3, -0.25) is 4.79 Å². The van der Waals surface area contributed by atoms with E-state index in [1.54, 1.807) is 18.2 Å². The average Bonchev–Trinajstić information content (AvgIpc) is 3.06. The Labute approximate surface area is 122 Å². The van der Waals surface area contributed by atoms with Gasteiger partial charge >= 0.3 is 0 Å². The third kappa shape index (κ3) is 4.37. The van der Waals surface area contributed by atoms with E-state index >= 15 is 0 Å². The molecule has 0 aliphatic heterocycles. The van der Waals surface area contributed by atoms with Gasteiger partial charge in [-0.15, -0.1) is 0 Å². The van der Waals surface area contributed by atoms with Gasteiger partial charge in [0.2, 0.25) is 5.91 Å². The zero-order valence-corrected chi connectivity index (χ0v) is 12.4. The predicted octanol–water partition coefficient (Wildman–Crippen LogP) is 2.19. The number of carbonyl (C=O) groups excluding carboxylic acids is 1. The van der Waals surface area contributed by atoms with Crippen LogP contribution in [0.25, 0.3) is 0 Å².